The van der Waals surface area contributed by atoms with E-state index in [1.807, 2.05) is 0 Å². The fourth-order valence-electron chi connectivity index (χ4n) is 1.88. The van der Waals surface area contributed by atoms with Crippen LogP contribution >= 0.6 is 15.9 Å². The lowest BCUT2D eigenvalue weighted by atomic mass is 10.1. The first-order valence-electron chi connectivity index (χ1n) is 6.27. The second kappa shape index (κ2) is 6.05. The highest BCUT2D eigenvalue weighted by Crippen LogP contribution is 2.18. The van der Waals surface area contributed by atoms with Crippen LogP contribution < -0.4 is 5.32 Å². The molecule has 0 unspecified atom stereocenters. The maximum atomic E-state index is 3.52. The van der Waals surface area contributed by atoms with Crippen LogP contribution in [0.4, 0.5) is 5.69 Å². The molecule has 2 aromatic carbocycles. The second-order valence-corrected chi connectivity index (χ2v) is 5.34. The number of rotatable bonds is 4. The first-order chi connectivity index (χ1) is 8.69. The molecule has 1 nitrogen and oxygen atoms in total. The van der Waals surface area contributed by atoms with Crippen molar-refractivity contribution in [3.8, 4) is 0 Å². The Morgan fingerprint density at radius 2 is 1.67 bits per heavy atom. The topological polar surface area (TPSA) is 12.0 Å². The predicted octanol–water partition coefficient (Wildman–Crippen LogP) is 4.93. The third kappa shape index (κ3) is 3.36. The van der Waals surface area contributed by atoms with Crippen molar-refractivity contribution in [3.63, 3.8) is 0 Å². The minimum absolute atomic E-state index is 0.861. The van der Waals surface area contributed by atoms with Crippen LogP contribution in [-0.2, 0) is 13.0 Å². The lowest BCUT2D eigenvalue weighted by molar-refractivity contribution is 1.12. The van der Waals surface area contributed by atoms with Crippen LogP contribution in [0.25, 0.3) is 0 Å². The van der Waals surface area contributed by atoms with Gasteiger partial charge in [0.05, 0.1) is 0 Å². The first kappa shape index (κ1) is 13.2. The first-order valence-corrected chi connectivity index (χ1v) is 7.06. The summed E-state index contributed by atoms with van der Waals surface area (Å²) in [6.45, 7) is 5.15. The molecule has 0 spiro atoms. The lowest BCUT2D eigenvalue weighted by Crippen LogP contribution is -1.99. The van der Waals surface area contributed by atoms with Gasteiger partial charge in [0.2, 0.25) is 0 Å². The van der Waals surface area contributed by atoms with E-state index in [2.05, 4.69) is 77.6 Å². The van der Waals surface area contributed by atoms with Crippen LogP contribution in [0.5, 0.6) is 0 Å². The minimum atomic E-state index is 0.861. The molecule has 0 aliphatic carbocycles. The van der Waals surface area contributed by atoms with Crippen LogP contribution in [0.1, 0.15) is 23.6 Å². The molecule has 1 N–H and O–H groups in total. The second-order valence-electron chi connectivity index (χ2n) is 4.49. The maximum absolute atomic E-state index is 3.52. The van der Waals surface area contributed by atoms with Crippen molar-refractivity contribution in [2.45, 2.75) is 26.8 Å². The van der Waals surface area contributed by atoms with Gasteiger partial charge >= 0.3 is 0 Å². The van der Waals surface area contributed by atoms with E-state index < -0.39 is 0 Å². The maximum Gasteiger partial charge on any atom is 0.0400 e. The molecule has 0 heterocycles. The standard InChI is InChI=1S/C16H18BrN/c1-3-13-4-7-15(8-5-13)18-11-14-6-9-16(17)12(2)10-14/h4-10,18H,3,11H2,1-2H3. The van der Waals surface area contributed by atoms with Crippen molar-refractivity contribution in [2.75, 3.05) is 5.32 Å². The average molecular weight is 304 g/mol. The Kier molecular flexibility index (Phi) is 4.43. The van der Waals surface area contributed by atoms with Gasteiger partial charge in [-0.2, -0.15) is 0 Å². The van der Waals surface area contributed by atoms with Gasteiger partial charge in [0.25, 0.3) is 0 Å². The summed E-state index contributed by atoms with van der Waals surface area (Å²) >= 11 is 3.52. The SMILES string of the molecule is CCc1ccc(NCc2ccc(Br)c(C)c2)cc1. The smallest absolute Gasteiger partial charge is 0.0400 e. The van der Waals surface area contributed by atoms with E-state index in [0.717, 1.165) is 13.0 Å². The molecule has 0 aliphatic heterocycles. The summed E-state index contributed by atoms with van der Waals surface area (Å²) < 4.78 is 1.17. The van der Waals surface area contributed by atoms with E-state index in [0.29, 0.717) is 0 Å². The van der Waals surface area contributed by atoms with E-state index in [1.54, 1.807) is 0 Å². The van der Waals surface area contributed by atoms with Gasteiger partial charge in [0.1, 0.15) is 0 Å². The highest BCUT2D eigenvalue weighted by Gasteiger charge is 1.98. The fraction of sp³-hybridized carbons (Fsp3) is 0.250. The van der Waals surface area contributed by atoms with Crippen molar-refractivity contribution in [2.24, 2.45) is 0 Å². The molecule has 0 saturated carbocycles. The quantitative estimate of drug-likeness (QED) is 0.844. The van der Waals surface area contributed by atoms with Crippen LogP contribution in [0.2, 0.25) is 0 Å². The third-order valence-corrected chi connectivity index (χ3v) is 3.97. The molecular weight excluding hydrogens is 286 g/mol. The van der Waals surface area contributed by atoms with Crippen molar-refractivity contribution >= 4 is 21.6 Å². The summed E-state index contributed by atoms with van der Waals surface area (Å²) in [6.07, 6.45) is 1.09. The zero-order valence-corrected chi connectivity index (χ0v) is 12.4. The van der Waals surface area contributed by atoms with E-state index in [-0.39, 0.29) is 0 Å². The Morgan fingerprint density at radius 1 is 1.00 bits per heavy atom. The normalized spacial score (nSPS) is 10.4. The molecule has 2 heteroatoms. The van der Waals surface area contributed by atoms with Crippen LogP contribution in [0, 0.1) is 6.92 Å². The van der Waals surface area contributed by atoms with Gasteiger partial charge in [-0.3, -0.25) is 0 Å². The molecule has 0 bridgehead atoms. The van der Waals surface area contributed by atoms with E-state index in [1.165, 1.54) is 26.9 Å². The molecule has 0 atom stereocenters. The molecule has 2 rings (SSSR count). The zero-order chi connectivity index (χ0) is 13.0. The Hall–Kier alpha value is -1.28. The lowest BCUT2D eigenvalue weighted by Gasteiger charge is -2.08. The Balaban J connectivity index is 1.99. The molecule has 18 heavy (non-hydrogen) atoms. The summed E-state index contributed by atoms with van der Waals surface area (Å²) in [5, 5.41) is 3.44. The van der Waals surface area contributed by atoms with Crippen molar-refractivity contribution < 1.29 is 0 Å². The van der Waals surface area contributed by atoms with Gasteiger partial charge in [-0.15, -0.1) is 0 Å². The Labute approximate surface area is 117 Å². The van der Waals surface area contributed by atoms with Gasteiger partial charge in [0, 0.05) is 16.7 Å². The number of aryl methyl sites for hydroxylation is 2. The van der Waals surface area contributed by atoms with Gasteiger partial charge in [-0.25, -0.2) is 0 Å². The van der Waals surface area contributed by atoms with E-state index >= 15 is 0 Å². The third-order valence-electron chi connectivity index (χ3n) is 3.08. The van der Waals surface area contributed by atoms with E-state index in [4.69, 9.17) is 0 Å². The monoisotopic (exact) mass is 303 g/mol. The fourth-order valence-corrected chi connectivity index (χ4v) is 2.13. The van der Waals surface area contributed by atoms with Gasteiger partial charge in [0.15, 0.2) is 0 Å². The summed E-state index contributed by atoms with van der Waals surface area (Å²) in [6, 6.07) is 15.1. The Bertz CT molecular complexity index is 517. The summed E-state index contributed by atoms with van der Waals surface area (Å²) in [5.74, 6) is 0. The molecule has 0 aromatic heterocycles. The molecule has 0 aliphatic rings. The number of halogens is 1. The van der Waals surface area contributed by atoms with Crippen molar-refractivity contribution in [1.29, 1.82) is 0 Å². The van der Waals surface area contributed by atoms with Crippen LogP contribution in [0.15, 0.2) is 46.9 Å². The molecule has 0 radical (unpaired) electrons. The van der Waals surface area contributed by atoms with Gasteiger partial charge in [-0.1, -0.05) is 47.1 Å². The van der Waals surface area contributed by atoms with Crippen molar-refractivity contribution in [3.05, 3.63) is 63.6 Å². The molecular formula is C16H18BrN. The zero-order valence-electron chi connectivity index (χ0n) is 10.8. The van der Waals surface area contributed by atoms with Gasteiger partial charge < -0.3 is 5.32 Å². The number of nitrogens with one attached hydrogen (secondary N) is 1. The molecule has 2 aromatic rings. The number of benzene rings is 2. The van der Waals surface area contributed by atoms with Gasteiger partial charge in [-0.05, 0) is 48.2 Å². The van der Waals surface area contributed by atoms with E-state index in [9.17, 15) is 0 Å². The number of hydrogen-bond acceptors (Lipinski definition) is 1. The summed E-state index contributed by atoms with van der Waals surface area (Å²) in [7, 11) is 0. The molecule has 0 saturated heterocycles. The summed E-state index contributed by atoms with van der Waals surface area (Å²) in [5.41, 5.74) is 5.12. The molecule has 94 valence electrons. The minimum Gasteiger partial charge on any atom is -0.381 e. The van der Waals surface area contributed by atoms with Crippen molar-refractivity contribution in [1.82, 2.24) is 0 Å². The molecule has 0 fully saturated rings. The Morgan fingerprint density at radius 3 is 2.28 bits per heavy atom. The van der Waals surface area contributed by atoms with Crippen LogP contribution in [0.3, 0.4) is 0 Å². The average Bonchev–Trinajstić information content (AvgIpc) is 2.41. The largest absolute Gasteiger partial charge is 0.381 e. The highest BCUT2D eigenvalue weighted by atomic mass is 79.9. The summed E-state index contributed by atoms with van der Waals surface area (Å²) in [4.78, 5) is 0. The highest BCUT2D eigenvalue weighted by molar-refractivity contribution is 9.10. The molecule has 0 amide bonds. The van der Waals surface area contributed by atoms with Crippen LogP contribution in [-0.4, -0.2) is 0 Å². The number of anilines is 1. The predicted molar refractivity (Wildman–Crippen MR) is 82.0 cm³/mol. The number of hydrogen-bond donors (Lipinski definition) is 1.